The van der Waals surface area contributed by atoms with Crippen molar-refractivity contribution < 1.29 is 19.0 Å². The van der Waals surface area contributed by atoms with Gasteiger partial charge in [0.25, 0.3) is 0 Å². The number of hydrogen-bond acceptors (Lipinski definition) is 5. The zero-order valence-electron chi connectivity index (χ0n) is 12.9. The average molecular weight is 307 g/mol. The van der Waals surface area contributed by atoms with Gasteiger partial charge in [-0.05, 0) is 19.1 Å². The summed E-state index contributed by atoms with van der Waals surface area (Å²) in [6.07, 6.45) is -0.525. The van der Waals surface area contributed by atoms with E-state index in [1.54, 1.807) is 14.0 Å². The molecule has 0 bridgehead atoms. The summed E-state index contributed by atoms with van der Waals surface area (Å²) in [5.74, 6) is 1.07. The predicted molar refractivity (Wildman–Crippen MR) is 82.6 cm³/mol. The van der Waals surface area contributed by atoms with E-state index in [-0.39, 0.29) is 0 Å². The van der Waals surface area contributed by atoms with Gasteiger partial charge in [0.15, 0.2) is 0 Å². The van der Waals surface area contributed by atoms with E-state index in [1.165, 1.54) is 0 Å². The largest absolute Gasteiger partial charge is 0.494 e. The first kappa shape index (κ1) is 16.1. The van der Waals surface area contributed by atoms with Crippen molar-refractivity contribution in [2.75, 3.05) is 40.0 Å². The second-order valence-electron chi connectivity index (χ2n) is 4.55. The number of alkyl carbamates (subject to hydrolysis) is 1. The Bertz CT molecular complexity index is 527. The summed E-state index contributed by atoms with van der Waals surface area (Å²) in [4.78, 5) is 18.2. The minimum absolute atomic E-state index is 0.302. The Morgan fingerprint density at radius 3 is 2.77 bits per heavy atom. The van der Waals surface area contributed by atoms with Gasteiger partial charge in [-0.1, -0.05) is 12.1 Å². The van der Waals surface area contributed by atoms with Crippen LogP contribution in [0.4, 0.5) is 10.5 Å². The van der Waals surface area contributed by atoms with Crippen molar-refractivity contribution in [3.05, 3.63) is 24.3 Å². The van der Waals surface area contributed by atoms with Gasteiger partial charge in [-0.15, -0.1) is 0 Å². The standard InChI is InChI=1S/C15H21N3O4/c1-3-22-15(19)17-14(18-8-10-21-11-9-18)16-12-6-4-5-7-13(12)20-2/h4-7H,3,8-11H2,1-2H3,(H,16,17,19). The van der Waals surface area contributed by atoms with Gasteiger partial charge in [-0.25, -0.2) is 9.79 Å². The molecule has 0 aliphatic carbocycles. The molecule has 1 heterocycles. The molecular formula is C15H21N3O4. The Balaban J connectivity index is 2.25. The van der Waals surface area contributed by atoms with Crippen molar-refractivity contribution >= 4 is 17.7 Å². The molecule has 1 aliphatic rings. The number of ether oxygens (including phenoxy) is 3. The summed E-state index contributed by atoms with van der Waals surface area (Å²) in [6.45, 7) is 4.55. The van der Waals surface area contributed by atoms with E-state index in [2.05, 4.69) is 10.3 Å². The minimum Gasteiger partial charge on any atom is -0.494 e. The smallest absolute Gasteiger partial charge is 0.413 e. The van der Waals surface area contributed by atoms with E-state index in [0.717, 1.165) is 0 Å². The number of methoxy groups -OCH3 is 1. The molecule has 0 spiro atoms. The molecule has 120 valence electrons. The van der Waals surface area contributed by atoms with Gasteiger partial charge in [-0.2, -0.15) is 0 Å². The molecule has 7 heteroatoms. The van der Waals surface area contributed by atoms with Crippen LogP contribution in [0.3, 0.4) is 0 Å². The molecule has 1 aliphatic heterocycles. The number of carbonyl (C=O) groups excluding carboxylic acids is 1. The molecule has 22 heavy (non-hydrogen) atoms. The summed E-state index contributed by atoms with van der Waals surface area (Å²) in [5, 5.41) is 2.69. The second-order valence-corrected chi connectivity index (χ2v) is 4.55. The Hall–Kier alpha value is -2.28. The third-order valence-electron chi connectivity index (χ3n) is 3.11. The molecule has 1 aromatic carbocycles. The Morgan fingerprint density at radius 2 is 2.09 bits per heavy atom. The van der Waals surface area contributed by atoms with E-state index >= 15 is 0 Å². The molecule has 1 amide bonds. The van der Waals surface area contributed by atoms with Gasteiger partial charge in [0.1, 0.15) is 11.4 Å². The summed E-state index contributed by atoms with van der Waals surface area (Å²) in [5.41, 5.74) is 0.642. The van der Waals surface area contributed by atoms with Gasteiger partial charge < -0.3 is 19.1 Å². The lowest BCUT2D eigenvalue weighted by atomic mass is 10.3. The van der Waals surface area contributed by atoms with Gasteiger partial charge in [0, 0.05) is 13.1 Å². The third-order valence-corrected chi connectivity index (χ3v) is 3.11. The molecule has 1 N–H and O–H groups in total. The van der Waals surface area contributed by atoms with Crippen molar-refractivity contribution in [3.8, 4) is 5.75 Å². The van der Waals surface area contributed by atoms with E-state index in [0.29, 0.717) is 50.3 Å². The molecule has 0 atom stereocenters. The van der Waals surface area contributed by atoms with Crippen LogP contribution < -0.4 is 10.1 Å². The fourth-order valence-electron chi connectivity index (χ4n) is 2.05. The Kier molecular flexibility index (Phi) is 6.02. The fraction of sp³-hybridized carbons (Fsp3) is 0.467. The normalized spacial score (nSPS) is 15.4. The number of nitrogens with one attached hydrogen (secondary N) is 1. The van der Waals surface area contributed by atoms with Crippen LogP contribution in [-0.2, 0) is 9.47 Å². The maximum absolute atomic E-state index is 11.7. The average Bonchev–Trinajstić information content (AvgIpc) is 2.56. The van der Waals surface area contributed by atoms with Crippen LogP contribution in [0.25, 0.3) is 0 Å². The maximum Gasteiger partial charge on any atom is 0.413 e. The highest BCUT2D eigenvalue weighted by Crippen LogP contribution is 2.26. The number of aliphatic imine (C=N–C) groups is 1. The number of nitrogens with zero attached hydrogens (tertiary/aromatic N) is 2. The van der Waals surface area contributed by atoms with Gasteiger partial charge >= 0.3 is 6.09 Å². The summed E-state index contributed by atoms with van der Waals surface area (Å²) in [7, 11) is 1.58. The van der Waals surface area contributed by atoms with E-state index in [9.17, 15) is 4.79 Å². The summed E-state index contributed by atoms with van der Waals surface area (Å²) < 4.78 is 15.6. The lowest BCUT2D eigenvalue weighted by molar-refractivity contribution is 0.0661. The van der Waals surface area contributed by atoms with Gasteiger partial charge in [0.05, 0.1) is 26.9 Å². The number of hydrogen-bond donors (Lipinski definition) is 1. The number of para-hydroxylation sites is 2. The fourth-order valence-corrected chi connectivity index (χ4v) is 2.05. The minimum atomic E-state index is -0.525. The first-order chi connectivity index (χ1) is 10.7. The summed E-state index contributed by atoms with van der Waals surface area (Å²) >= 11 is 0. The van der Waals surface area contributed by atoms with E-state index in [4.69, 9.17) is 14.2 Å². The lowest BCUT2D eigenvalue weighted by Gasteiger charge is -2.29. The maximum atomic E-state index is 11.7. The highest BCUT2D eigenvalue weighted by atomic mass is 16.5. The number of amides is 1. The predicted octanol–water partition coefficient (Wildman–Crippen LogP) is 1.76. The first-order valence-electron chi connectivity index (χ1n) is 7.22. The van der Waals surface area contributed by atoms with Gasteiger partial charge in [0.2, 0.25) is 5.96 Å². The van der Waals surface area contributed by atoms with Crippen molar-refractivity contribution in [1.82, 2.24) is 10.2 Å². The molecule has 0 aromatic heterocycles. The van der Waals surface area contributed by atoms with E-state index < -0.39 is 6.09 Å². The Morgan fingerprint density at radius 1 is 1.36 bits per heavy atom. The molecule has 7 nitrogen and oxygen atoms in total. The SMILES string of the molecule is CCOC(=O)NC(=Nc1ccccc1OC)N1CCOCC1. The number of guanidine groups is 1. The third kappa shape index (κ3) is 4.36. The number of carbonyl (C=O) groups is 1. The molecular weight excluding hydrogens is 286 g/mol. The highest BCUT2D eigenvalue weighted by Gasteiger charge is 2.18. The van der Waals surface area contributed by atoms with Crippen LogP contribution in [0.5, 0.6) is 5.75 Å². The molecule has 0 unspecified atom stereocenters. The topological polar surface area (TPSA) is 72.4 Å². The summed E-state index contributed by atoms with van der Waals surface area (Å²) in [6, 6.07) is 7.37. The lowest BCUT2D eigenvalue weighted by Crippen LogP contribution is -2.49. The first-order valence-corrected chi connectivity index (χ1v) is 7.22. The van der Waals surface area contributed by atoms with Crippen LogP contribution >= 0.6 is 0 Å². The number of rotatable bonds is 3. The van der Waals surface area contributed by atoms with Crippen LogP contribution in [0, 0.1) is 0 Å². The van der Waals surface area contributed by atoms with Crippen LogP contribution in [0.15, 0.2) is 29.3 Å². The highest BCUT2D eigenvalue weighted by molar-refractivity contribution is 5.95. The van der Waals surface area contributed by atoms with Crippen LogP contribution in [0.2, 0.25) is 0 Å². The number of benzene rings is 1. The molecule has 0 radical (unpaired) electrons. The quantitative estimate of drug-likeness (QED) is 0.680. The van der Waals surface area contributed by atoms with Crippen LogP contribution in [0.1, 0.15) is 6.92 Å². The number of morpholine rings is 1. The van der Waals surface area contributed by atoms with E-state index in [1.807, 2.05) is 29.2 Å². The van der Waals surface area contributed by atoms with Crippen molar-refractivity contribution in [3.63, 3.8) is 0 Å². The molecule has 1 aromatic rings. The second kappa shape index (κ2) is 8.23. The zero-order chi connectivity index (χ0) is 15.8. The van der Waals surface area contributed by atoms with Crippen molar-refractivity contribution in [2.45, 2.75) is 6.92 Å². The van der Waals surface area contributed by atoms with Crippen molar-refractivity contribution in [2.24, 2.45) is 4.99 Å². The molecule has 0 saturated carbocycles. The molecule has 1 fully saturated rings. The zero-order valence-corrected chi connectivity index (χ0v) is 12.9. The monoisotopic (exact) mass is 307 g/mol. The molecule has 2 rings (SSSR count). The van der Waals surface area contributed by atoms with Gasteiger partial charge in [-0.3, -0.25) is 5.32 Å². The van der Waals surface area contributed by atoms with Crippen LogP contribution in [-0.4, -0.2) is 57.0 Å². The molecule has 1 saturated heterocycles. The van der Waals surface area contributed by atoms with Crippen molar-refractivity contribution in [1.29, 1.82) is 0 Å². The Labute approximate surface area is 129 Å².